The Bertz CT molecular complexity index is 1170. The van der Waals surface area contributed by atoms with Crippen molar-refractivity contribution in [3.8, 4) is 0 Å². The van der Waals surface area contributed by atoms with E-state index in [-0.39, 0.29) is 28.0 Å². The first-order valence-electron chi connectivity index (χ1n) is 11.8. The van der Waals surface area contributed by atoms with Crippen LogP contribution in [0.4, 0.5) is 5.69 Å². The van der Waals surface area contributed by atoms with Gasteiger partial charge in [0.2, 0.25) is 0 Å². The quantitative estimate of drug-likeness (QED) is 0.533. The molecule has 35 heavy (non-hydrogen) atoms. The van der Waals surface area contributed by atoms with Crippen LogP contribution >= 0.6 is 0 Å². The summed E-state index contributed by atoms with van der Waals surface area (Å²) in [6.07, 6.45) is 5.55. The van der Waals surface area contributed by atoms with Gasteiger partial charge in [0.15, 0.2) is 0 Å². The van der Waals surface area contributed by atoms with Crippen molar-refractivity contribution in [1.29, 1.82) is 0 Å². The van der Waals surface area contributed by atoms with Crippen LogP contribution in [0.5, 0.6) is 0 Å². The molecule has 1 saturated heterocycles. The number of hydroxylamine groups is 2. The Balaban J connectivity index is 1.27. The van der Waals surface area contributed by atoms with Crippen molar-refractivity contribution < 1.29 is 22.6 Å². The number of piperidine rings is 1. The van der Waals surface area contributed by atoms with Crippen molar-refractivity contribution in [2.45, 2.75) is 44.2 Å². The zero-order valence-electron chi connectivity index (χ0n) is 20.1. The van der Waals surface area contributed by atoms with Gasteiger partial charge in [-0.1, -0.05) is 18.2 Å². The van der Waals surface area contributed by atoms with Crippen molar-refractivity contribution in [3.63, 3.8) is 0 Å². The van der Waals surface area contributed by atoms with Gasteiger partial charge in [-0.15, -0.1) is 0 Å². The van der Waals surface area contributed by atoms with Crippen LogP contribution in [0.1, 0.15) is 41.3 Å². The van der Waals surface area contributed by atoms with Gasteiger partial charge < -0.3 is 10.2 Å². The Labute approximate surface area is 206 Å². The lowest BCUT2D eigenvalue weighted by Crippen LogP contribution is -2.44. The minimum absolute atomic E-state index is 0.0187. The molecule has 4 rings (SSSR count). The molecule has 0 saturated carbocycles. The number of hydrogen-bond acceptors (Lipinski definition) is 7. The molecular formula is C25H32N4O5S. The van der Waals surface area contributed by atoms with Gasteiger partial charge in [-0.2, -0.15) is 8.42 Å². The van der Waals surface area contributed by atoms with Gasteiger partial charge >= 0.3 is 0 Å². The third kappa shape index (κ3) is 6.21. The lowest BCUT2D eigenvalue weighted by atomic mass is 10.0. The van der Waals surface area contributed by atoms with E-state index in [9.17, 15) is 17.8 Å². The van der Waals surface area contributed by atoms with E-state index in [0.717, 1.165) is 38.2 Å². The van der Waals surface area contributed by atoms with Crippen LogP contribution in [0.25, 0.3) is 0 Å². The Kier molecular flexibility index (Phi) is 7.75. The van der Waals surface area contributed by atoms with Crippen LogP contribution < -0.4 is 10.2 Å². The zero-order chi connectivity index (χ0) is 25.0. The van der Waals surface area contributed by atoms with Crippen molar-refractivity contribution >= 4 is 21.7 Å². The number of carbonyl (C=O) groups is 1. The highest BCUT2D eigenvalue weighted by atomic mass is 32.2. The third-order valence-corrected chi connectivity index (χ3v) is 7.40. The lowest BCUT2D eigenvalue weighted by molar-refractivity contribution is -0.107. The molecule has 0 unspecified atom stereocenters. The van der Waals surface area contributed by atoms with Gasteiger partial charge in [0.25, 0.3) is 16.0 Å². The summed E-state index contributed by atoms with van der Waals surface area (Å²) in [5.41, 5.74) is 2.86. The lowest BCUT2D eigenvalue weighted by Gasteiger charge is -2.32. The second-order valence-electron chi connectivity index (χ2n) is 8.84. The highest BCUT2D eigenvalue weighted by Crippen LogP contribution is 2.22. The average Bonchev–Trinajstić information content (AvgIpc) is 3.29. The predicted molar refractivity (Wildman–Crippen MR) is 133 cm³/mol. The van der Waals surface area contributed by atoms with Crippen LogP contribution in [0, 0.1) is 6.92 Å². The van der Waals surface area contributed by atoms with E-state index < -0.39 is 10.1 Å². The molecule has 188 valence electrons. The van der Waals surface area contributed by atoms with Gasteiger partial charge in [0.05, 0.1) is 11.5 Å². The molecule has 2 aromatic rings. The number of nitrogens with one attached hydrogen (secondary N) is 1. The summed E-state index contributed by atoms with van der Waals surface area (Å²) in [6, 6.07) is 12.9. The maximum Gasteiger partial charge on any atom is 0.294 e. The number of rotatable bonds is 8. The van der Waals surface area contributed by atoms with E-state index in [2.05, 4.69) is 39.4 Å². The molecule has 2 aliphatic heterocycles. The number of likely N-dealkylation sites (tertiary alicyclic amines) is 1. The maximum atomic E-state index is 12.8. The first kappa shape index (κ1) is 25.2. The molecule has 0 atom stereocenters. The number of hydrogen-bond donors (Lipinski definition) is 2. The highest BCUT2D eigenvalue weighted by Gasteiger charge is 2.24. The van der Waals surface area contributed by atoms with Gasteiger partial charge in [0, 0.05) is 49.3 Å². The first-order valence-corrected chi connectivity index (χ1v) is 13.2. The second-order valence-corrected chi connectivity index (χ2v) is 10.2. The molecule has 1 amide bonds. The molecule has 0 bridgehead atoms. The summed E-state index contributed by atoms with van der Waals surface area (Å²) < 4.78 is 32.4. The molecule has 2 aliphatic rings. The number of amides is 1. The van der Waals surface area contributed by atoms with E-state index >= 15 is 0 Å². The third-order valence-electron chi connectivity index (χ3n) is 6.40. The van der Waals surface area contributed by atoms with E-state index in [1.54, 1.807) is 6.07 Å². The van der Waals surface area contributed by atoms with Gasteiger partial charge in [-0.05, 0) is 62.1 Å². The monoisotopic (exact) mass is 500 g/mol. The fraction of sp³-hybridized carbons (Fsp3) is 0.400. The normalized spacial score (nSPS) is 17.2. The Morgan fingerprint density at radius 3 is 2.49 bits per heavy atom. The summed E-state index contributed by atoms with van der Waals surface area (Å²) in [4.78, 5) is 22.5. The van der Waals surface area contributed by atoms with Crippen LogP contribution in [-0.4, -0.2) is 61.2 Å². The van der Waals surface area contributed by atoms with Crippen molar-refractivity contribution in [1.82, 2.24) is 15.3 Å². The summed E-state index contributed by atoms with van der Waals surface area (Å²) in [7, 11) is -4.37. The van der Waals surface area contributed by atoms with E-state index in [0.29, 0.717) is 13.3 Å². The Morgan fingerprint density at radius 1 is 1.11 bits per heavy atom. The summed E-state index contributed by atoms with van der Waals surface area (Å²) in [5.74, 6) is -0.319. The van der Waals surface area contributed by atoms with Crippen LogP contribution in [0.2, 0.25) is 0 Å². The van der Waals surface area contributed by atoms with Crippen LogP contribution in [0.3, 0.4) is 0 Å². The van der Waals surface area contributed by atoms with E-state index in [4.69, 9.17) is 4.84 Å². The minimum atomic E-state index is -4.37. The second kappa shape index (κ2) is 10.8. The Morgan fingerprint density at radius 2 is 1.83 bits per heavy atom. The van der Waals surface area contributed by atoms with E-state index in [1.807, 2.05) is 24.4 Å². The number of carbonyl (C=O) groups excluding carboxylic acids is 1. The molecule has 2 N–H and O–H groups in total. The molecule has 1 fully saturated rings. The van der Waals surface area contributed by atoms with Crippen molar-refractivity contribution in [3.05, 3.63) is 71.6 Å². The fourth-order valence-corrected chi connectivity index (χ4v) is 5.25. The largest absolute Gasteiger partial charge is 0.349 e. The maximum absolute atomic E-state index is 12.8. The fourth-order valence-electron chi connectivity index (χ4n) is 4.51. The average molecular weight is 501 g/mol. The molecule has 10 heteroatoms. The van der Waals surface area contributed by atoms with Gasteiger partial charge in [-0.25, -0.2) is 5.06 Å². The molecular weight excluding hydrogens is 468 g/mol. The molecule has 0 spiro atoms. The van der Waals surface area contributed by atoms with Gasteiger partial charge in [-0.3, -0.25) is 19.1 Å². The van der Waals surface area contributed by atoms with Crippen LogP contribution in [-0.2, 0) is 21.5 Å². The molecule has 0 radical (unpaired) electrons. The van der Waals surface area contributed by atoms with E-state index in [1.165, 1.54) is 24.6 Å². The summed E-state index contributed by atoms with van der Waals surface area (Å²) in [5, 5.41) is 4.83. The molecule has 2 heterocycles. The SMILES string of the molecule is CCON1C=CN(c2ccc(CN3CCC(NC(=O)c4cccc(S(=O)(=O)O)c4C)CC3)cc2)C1. The molecule has 9 nitrogen and oxygen atoms in total. The smallest absolute Gasteiger partial charge is 0.294 e. The molecule has 0 aromatic heterocycles. The molecule has 2 aromatic carbocycles. The van der Waals surface area contributed by atoms with Crippen molar-refractivity contribution in [2.24, 2.45) is 0 Å². The van der Waals surface area contributed by atoms with Crippen LogP contribution in [0.15, 0.2) is 59.8 Å². The predicted octanol–water partition coefficient (Wildman–Crippen LogP) is 3.14. The van der Waals surface area contributed by atoms with Gasteiger partial charge in [0.1, 0.15) is 6.67 Å². The topological polar surface area (TPSA) is 102 Å². The number of nitrogens with zero attached hydrogens (tertiary/aromatic N) is 3. The first-order chi connectivity index (χ1) is 16.7. The minimum Gasteiger partial charge on any atom is -0.349 e. The highest BCUT2D eigenvalue weighted by molar-refractivity contribution is 7.85. The standard InChI is InChI=1S/C25H32N4O5S/c1-3-34-29-16-15-28(18-29)22-9-7-20(8-10-22)17-27-13-11-21(12-14-27)26-25(30)23-5-4-6-24(19(23)2)35(31,32)33/h4-10,15-16,21H,3,11-14,17-18H2,1-2H3,(H,26,30)(H,31,32,33). The molecule has 0 aliphatic carbocycles. The number of benzene rings is 2. The number of anilines is 1. The summed E-state index contributed by atoms with van der Waals surface area (Å²) >= 11 is 0. The zero-order valence-corrected chi connectivity index (χ0v) is 20.9. The summed E-state index contributed by atoms with van der Waals surface area (Å²) in [6.45, 7) is 7.36. The van der Waals surface area contributed by atoms with Crippen molar-refractivity contribution in [2.75, 3.05) is 31.3 Å². The Hall–Kier alpha value is -2.92.